The highest BCUT2D eigenvalue weighted by Crippen LogP contribution is 2.20. The van der Waals surface area contributed by atoms with Crippen LogP contribution in [0.15, 0.2) is 47.4 Å². The minimum absolute atomic E-state index is 0.0580. The molecule has 0 fully saturated rings. The standard InChI is InChI=1S/C18H21FN2O3S/c1-12-5-10-16(25(23,24)21(3)4)11-17(12)18(22)20-13(2)14-6-8-15(19)9-7-14/h5-11,13H,1-4H3,(H,20,22). The summed E-state index contributed by atoms with van der Waals surface area (Å²) >= 11 is 0. The van der Waals surface area contributed by atoms with Crippen molar-refractivity contribution in [2.75, 3.05) is 14.1 Å². The van der Waals surface area contributed by atoms with Gasteiger partial charge in [-0.25, -0.2) is 17.1 Å². The third kappa shape index (κ3) is 4.24. The number of rotatable bonds is 5. The van der Waals surface area contributed by atoms with E-state index in [9.17, 15) is 17.6 Å². The fraction of sp³-hybridized carbons (Fsp3) is 0.278. The van der Waals surface area contributed by atoms with Crippen molar-refractivity contribution in [2.45, 2.75) is 24.8 Å². The quantitative estimate of drug-likeness (QED) is 0.887. The maximum Gasteiger partial charge on any atom is 0.252 e. The van der Waals surface area contributed by atoms with Crippen molar-refractivity contribution in [1.82, 2.24) is 9.62 Å². The van der Waals surface area contributed by atoms with Crippen LogP contribution in [0.1, 0.15) is 34.5 Å². The van der Waals surface area contributed by atoms with E-state index in [1.165, 1.54) is 38.4 Å². The number of sulfonamides is 1. The highest BCUT2D eigenvalue weighted by Gasteiger charge is 2.21. The Morgan fingerprint density at radius 1 is 1.12 bits per heavy atom. The molecule has 1 unspecified atom stereocenters. The maximum absolute atomic E-state index is 13.0. The van der Waals surface area contributed by atoms with Crippen LogP contribution in [-0.2, 0) is 10.0 Å². The Balaban J connectivity index is 2.28. The number of carbonyl (C=O) groups is 1. The molecular formula is C18H21FN2O3S. The SMILES string of the molecule is Cc1ccc(S(=O)(=O)N(C)C)cc1C(=O)NC(C)c1ccc(F)cc1. The number of hydrogen-bond acceptors (Lipinski definition) is 3. The summed E-state index contributed by atoms with van der Waals surface area (Å²) in [4.78, 5) is 12.6. The zero-order chi connectivity index (χ0) is 18.8. The summed E-state index contributed by atoms with van der Waals surface area (Å²) in [7, 11) is -0.751. The van der Waals surface area contributed by atoms with E-state index in [0.29, 0.717) is 5.56 Å². The van der Waals surface area contributed by atoms with Crippen molar-refractivity contribution in [1.29, 1.82) is 0 Å². The number of halogens is 1. The van der Waals surface area contributed by atoms with E-state index in [1.54, 1.807) is 32.0 Å². The molecule has 0 aliphatic carbocycles. The number of carbonyl (C=O) groups excluding carboxylic acids is 1. The van der Waals surface area contributed by atoms with Crippen LogP contribution in [-0.4, -0.2) is 32.7 Å². The van der Waals surface area contributed by atoms with Gasteiger partial charge in [-0.05, 0) is 49.2 Å². The van der Waals surface area contributed by atoms with Gasteiger partial charge in [0.2, 0.25) is 10.0 Å². The molecule has 0 radical (unpaired) electrons. The van der Waals surface area contributed by atoms with Crippen LogP contribution in [0.5, 0.6) is 0 Å². The molecule has 0 aliphatic heterocycles. The van der Waals surface area contributed by atoms with Crippen molar-refractivity contribution in [3.05, 3.63) is 65.0 Å². The second kappa shape index (κ2) is 7.33. The van der Waals surface area contributed by atoms with Gasteiger partial charge in [-0.3, -0.25) is 4.79 Å². The van der Waals surface area contributed by atoms with E-state index in [2.05, 4.69) is 5.32 Å². The van der Waals surface area contributed by atoms with E-state index in [0.717, 1.165) is 9.87 Å². The first-order valence-corrected chi connectivity index (χ1v) is 9.16. The second-order valence-electron chi connectivity index (χ2n) is 6.01. The van der Waals surface area contributed by atoms with E-state index < -0.39 is 10.0 Å². The monoisotopic (exact) mass is 364 g/mol. The van der Waals surface area contributed by atoms with E-state index in [-0.39, 0.29) is 28.2 Å². The number of benzene rings is 2. The molecule has 5 nitrogen and oxygen atoms in total. The van der Waals surface area contributed by atoms with Crippen LogP contribution < -0.4 is 5.32 Å². The second-order valence-corrected chi connectivity index (χ2v) is 8.16. The Hall–Kier alpha value is -2.25. The molecule has 7 heteroatoms. The van der Waals surface area contributed by atoms with Crippen molar-refractivity contribution in [3.8, 4) is 0 Å². The molecule has 0 aromatic heterocycles. The maximum atomic E-state index is 13.0. The summed E-state index contributed by atoms with van der Waals surface area (Å²) in [5.41, 5.74) is 1.71. The van der Waals surface area contributed by atoms with Crippen molar-refractivity contribution < 1.29 is 17.6 Å². The highest BCUT2D eigenvalue weighted by atomic mass is 32.2. The molecule has 0 spiro atoms. The molecule has 0 heterocycles. The number of nitrogens with zero attached hydrogens (tertiary/aromatic N) is 1. The van der Waals surface area contributed by atoms with Gasteiger partial charge in [0.1, 0.15) is 5.82 Å². The minimum Gasteiger partial charge on any atom is -0.346 e. The summed E-state index contributed by atoms with van der Waals surface area (Å²) in [6.07, 6.45) is 0. The van der Waals surface area contributed by atoms with E-state index >= 15 is 0 Å². The third-order valence-electron chi connectivity index (χ3n) is 3.95. The Morgan fingerprint density at radius 3 is 2.28 bits per heavy atom. The molecule has 2 aromatic carbocycles. The molecule has 25 heavy (non-hydrogen) atoms. The largest absolute Gasteiger partial charge is 0.346 e. The molecule has 134 valence electrons. The first kappa shape index (κ1) is 19.1. The van der Waals surface area contributed by atoms with Gasteiger partial charge in [0.25, 0.3) is 5.91 Å². The van der Waals surface area contributed by atoms with Crippen molar-refractivity contribution >= 4 is 15.9 Å². The number of nitrogens with one attached hydrogen (secondary N) is 1. The number of aryl methyl sites for hydroxylation is 1. The Kier molecular flexibility index (Phi) is 5.59. The van der Waals surface area contributed by atoms with Gasteiger partial charge in [-0.1, -0.05) is 18.2 Å². The van der Waals surface area contributed by atoms with Gasteiger partial charge in [-0.2, -0.15) is 0 Å². The summed E-state index contributed by atoms with van der Waals surface area (Å²) in [5, 5.41) is 2.81. The third-order valence-corrected chi connectivity index (χ3v) is 5.76. The van der Waals surface area contributed by atoms with Crippen LogP contribution >= 0.6 is 0 Å². The van der Waals surface area contributed by atoms with Gasteiger partial charge < -0.3 is 5.32 Å². The zero-order valence-electron chi connectivity index (χ0n) is 14.6. The Labute approximate surface area is 147 Å². The molecule has 0 bridgehead atoms. The van der Waals surface area contributed by atoms with Gasteiger partial charge in [0.05, 0.1) is 10.9 Å². The lowest BCUT2D eigenvalue weighted by molar-refractivity contribution is 0.0939. The fourth-order valence-electron chi connectivity index (χ4n) is 2.33. The normalized spacial score (nSPS) is 12.9. The average molecular weight is 364 g/mol. The molecule has 0 saturated heterocycles. The first-order chi connectivity index (χ1) is 11.6. The predicted molar refractivity (Wildman–Crippen MR) is 94.3 cm³/mol. The van der Waals surface area contributed by atoms with Gasteiger partial charge in [0.15, 0.2) is 0 Å². The molecular weight excluding hydrogens is 343 g/mol. The van der Waals surface area contributed by atoms with Crippen molar-refractivity contribution in [3.63, 3.8) is 0 Å². The average Bonchev–Trinajstić information content (AvgIpc) is 2.55. The predicted octanol–water partition coefficient (Wildman–Crippen LogP) is 2.88. The zero-order valence-corrected chi connectivity index (χ0v) is 15.4. The summed E-state index contributed by atoms with van der Waals surface area (Å²) in [5.74, 6) is -0.732. The van der Waals surface area contributed by atoms with E-state index in [4.69, 9.17) is 0 Å². The lowest BCUT2D eigenvalue weighted by atomic mass is 10.1. The lowest BCUT2D eigenvalue weighted by Gasteiger charge is -2.17. The summed E-state index contributed by atoms with van der Waals surface area (Å²) in [6, 6.07) is 9.96. The molecule has 2 aromatic rings. The first-order valence-electron chi connectivity index (χ1n) is 7.72. The fourth-order valence-corrected chi connectivity index (χ4v) is 3.25. The number of hydrogen-bond donors (Lipinski definition) is 1. The van der Waals surface area contributed by atoms with Crippen LogP contribution in [0.3, 0.4) is 0 Å². The van der Waals surface area contributed by atoms with Crippen LogP contribution in [0.4, 0.5) is 4.39 Å². The molecule has 1 amide bonds. The Bertz CT molecular complexity index is 878. The van der Waals surface area contributed by atoms with Crippen LogP contribution in [0.2, 0.25) is 0 Å². The van der Waals surface area contributed by atoms with Crippen LogP contribution in [0, 0.1) is 12.7 Å². The van der Waals surface area contributed by atoms with Gasteiger partial charge in [-0.15, -0.1) is 0 Å². The van der Waals surface area contributed by atoms with E-state index in [1.807, 2.05) is 0 Å². The topological polar surface area (TPSA) is 66.5 Å². The summed E-state index contributed by atoms with van der Waals surface area (Å²) in [6.45, 7) is 3.52. The van der Waals surface area contributed by atoms with Crippen molar-refractivity contribution in [2.24, 2.45) is 0 Å². The molecule has 1 N–H and O–H groups in total. The Morgan fingerprint density at radius 2 is 1.72 bits per heavy atom. The van der Waals surface area contributed by atoms with Crippen LogP contribution in [0.25, 0.3) is 0 Å². The molecule has 0 saturated carbocycles. The molecule has 1 atom stereocenters. The smallest absolute Gasteiger partial charge is 0.252 e. The highest BCUT2D eigenvalue weighted by molar-refractivity contribution is 7.89. The molecule has 0 aliphatic rings. The number of amides is 1. The van der Waals surface area contributed by atoms with Gasteiger partial charge >= 0.3 is 0 Å². The van der Waals surface area contributed by atoms with Gasteiger partial charge in [0, 0.05) is 19.7 Å². The molecule has 2 rings (SSSR count). The minimum atomic E-state index is -3.62. The summed E-state index contributed by atoms with van der Waals surface area (Å²) < 4.78 is 38.6. The lowest BCUT2D eigenvalue weighted by Crippen LogP contribution is -2.28.